The van der Waals surface area contributed by atoms with Crippen molar-refractivity contribution in [2.75, 3.05) is 5.88 Å². The van der Waals surface area contributed by atoms with Crippen molar-refractivity contribution in [1.82, 2.24) is 0 Å². The first-order valence-electron chi connectivity index (χ1n) is 6.32. The Hall–Kier alpha value is -0.380. The highest BCUT2D eigenvalue weighted by molar-refractivity contribution is 9.10. The van der Waals surface area contributed by atoms with Gasteiger partial charge in [-0.05, 0) is 60.2 Å². The Kier molecular flexibility index (Phi) is 6.06. The van der Waals surface area contributed by atoms with Gasteiger partial charge in [-0.15, -0.1) is 11.6 Å². The second-order valence-corrected chi connectivity index (χ2v) is 6.98. The Morgan fingerprint density at radius 3 is 2.30 bits per heavy atom. The zero-order valence-corrected chi connectivity index (χ0v) is 14.7. The molecule has 0 aliphatic heterocycles. The van der Waals surface area contributed by atoms with E-state index in [9.17, 15) is 4.39 Å². The molecule has 0 radical (unpaired) electrons. The minimum atomic E-state index is -0.217. The van der Waals surface area contributed by atoms with E-state index in [1.807, 2.05) is 18.2 Å². The number of halogens is 4. The van der Waals surface area contributed by atoms with Gasteiger partial charge in [0.15, 0.2) is 0 Å². The molecule has 0 aromatic heterocycles. The van der Waals surface area contributed by atoms with Gasteiger partial charge in [-0.1, -0.05) is 44.0 Å². The Morgan fingerprint density at radius 2 is 1.65 bits per heavy atom. The first kappa shape index (κ1) is 16.0. The van der Waals surface area contributed by atoms with E-state index in [-0.39, 0.29) is 5.82 Å². The second kappa shape index (κ2) is 7.58. The smallest absolute Gasteiger partial charge is 0.124 e. The maximum Gasteiger partial charge on any atom is 0.124 e. The number of hydrogen-bond acceptors (Lipinski definition) is 0. The fraction of sp³-hybridized carbons (Fsp3) is 0.250. The summed E-state index contributed by atoms with van der Waals surface area (Å²) < 4.78 is 15.2. The minimum Gasteiger partial charge on any atom is -0.207 e. The van der Waals surface area contributed by atoms with Gasteiger partial charge < -0.3 is 0 Å². The van der Waals surface area contributed by atoms with Crippen LogP contribution >= 0.6 is 43.5 Å². The molecule has 0 saturated carbocycles. The first-order valence-corrected chi connectivity index (χ1v) is 8.44. The van der Waals surface area contributed by atoms with E-state index >= 15 is 0 Å². The lowest BCUT2D eigenvalue weighted by molar-refractivity contribution is 0.576. The van der Waals surface area contributed by atoms with E-state index in [2.05, 4.69) is 44.0 Å². The van der Waals surface area contributed by atoms with Crippen LogP contribution in [0.5, 0.6) is 0 Å². The van der Waals surface area contributed by atoms with E-state index in [1.54, 1.807) is 6.07 Å². The standard InChI is InChI=1S/C16H14Br2ClF/c17-14-3-1-2-11(6-14)4-13(10-19)5-12-7-15(18)9-16(20)8-12/h1-3,6-9,13H,4-5,10H2. The van der Waals surface area contributed by atoms with Crippen molar-refractivity contribution in [2.24, 2.45) is 5.92 Å². The van der Waals surface area contributed by atoms with Crippen molar-refractivity contribution in [3.05, 3.63) is 68.4 Å². The predicted molar refractivity (Wildman–Crippen MR) is 89.9 cm³/mol. The lowest BCUT2D eigenvalue weighted by Crippen LogP contribution is -2.10. The fourth-order valence-corrected chi connectivity index (χ4v) is 3.42. The van der Waals surface area contributed by atoms with Crippen molar-refractivity contribution in [3.8, 4) is 0 Å². The lowest BCUT2D eigenvalue weighted by Gasteiger charge is -2.14. The van der Waals surface area contributed by atoms with Crippen LogP contribution in [0.4, 0.5) is 4.39 Å². The van der Waals surface area contributed by atoms with Gasteiger partial charge in [0, 0.05) is 14.8 Å². The van der Waals surface area contributed by atoms with Gasteiger partial charge in [0.1, 0.15) is 5.82 Å². The monoisotopic (exact) mass is 418 g/mol. The molecule has 0 amide bonds. The molecule has 0 saturated heterocycles. The molecule has 0 fully saturated rings. The van der Waals surface area contributed by atoms with Crippen molar-refractivity contribution < 1.29 is 4.39 Å². The van der Waals surface area contributed by atoms with Crippen LogP contribution in [0.2, 0.25) is 0 Å². The summed E-state index contributed by atoms with van der Waals surface area (Å²) in [5.74, 6) is 0.630. The summed E-state index contributed by atoms with van der Waals surface area (Å²) in [5, 5.41) is 0. The maximum absolute atomic E-state index is 13.4. The molecule has 106 valence electrons. The largest absolute Gasteiger partial charge is 0.207 e. The molecule has 2 aromatic rings. The number of rotatable bonds is 5. The van der Waals surface area contributed by atoms with Crippen molar-refractivity contribution in [3.63, 3.8) is 0 Å². The third kappa shape index (κ3) is 4.87. The summed E-state index contributed by atoms with van der Waals surface area (Å²) in [6.45, 7) is 0. The van der Waals surface area contributed by atoms with E-state index in [1.165, 1.54) is 11.6 Å². The molecule has 4 heteroatoms. The number of hydrogen-bond donors (Lipinski definition) is 0. The lowest BCUT2D eigenvalue weighted by atomic mass is 9.94. The van der Waals surface area contributed by atoms with Gasteiger partial charge in [0.05, 0.1) is 0 Å². The van der Waals surface area contributed by atoms with Crippen LogP contribution in [0.3, 0.4) is 0 Å². The van der Waals surface area contributed by atoms with Crippen molar-refractivity contribution >= 4 is 43.5 Å². The number of alkyl halides is 1. The van der Waals surface area contributed by atoms with Gasteiger partial charge in [-0.3, -0.25) is 0 Å². The Bertz CT molecular complexity index is 566. The van der Waals surface area contributed by atoms with Gasteiger partial charge in [-0.2, -0.15) is 0 Å². The van der Waals surface area contributed by atoms with Gasteiger partial charge in [0.25, 0.3) is 0 Å². The molecule has 2 aromatic carbocycles. The summed E-state index contributed by atoms with van der Waals surface area (Å²) in [7, 11) is 0. The van der Waals surface area contributed by atoms with Crippen LogP contribution in [0.15, 0.2) is 51.4 Å². The quantitative estimate of drug-likeness (QED) is 0.521. The molecule has 0 heterocycles. The Morgan fingerprint density at radius 1 is 0.950 bits per heavy atom. The predicted octanol–water partition coefficient (Wildman–Crippen LogP) is 5.99. The highest BCUT2D eigenvalue weighted by Crippen LogP contribution is 2.22. The zero-order chi connectivity index (χ0) is 14.5. The normalized spacial score (nSPS) is 12.4. The van der Waals surface area contributed by atoms with E-state index in [0.717, 1.165) is 27.4 Å². The highest BCUT2D eigenvalue weighted by Gasteiger charge is 2.11. The summed E-state index contributed by atoms with van der Waals surface area (Å²) in [4.78, 5) is 0. The van der Waals surface area contributed by atoms with Gasteiger partial charge in [0.2, 0.25) is 0 Å². The molecular formula is C16H14Br2ClF. The summed E-state index contributed by atoms with van der Waals surface area (Å²) in [6.07, 6.45) is 1.66. The Labute approximate surface area is 140 Å². The average Bonchev–Trinajstić information content (AvgIpc) is 2.36. The molecule has 0 aliphatic carbocycles. The maximum atomic E-state index is 13.4. The highest BCUT2D eigenvalue weighted by atomic mass is 79.9. The van der Waals surface area contributed by atoms with Crippen LogP contribution in [-0.2, 0) is 12.8 Å². The van der Waals surface area contributed by atoms with E-state index < -0.39 is 0 Å². The van der Waals surface area contributed by atoms with Crippen LogP contribution in [-0.4, -0.2) is 5.88 Å². The SMILES string of the molecule is Fc1cc(Br)cc(CC(CCl)Cc2cccc(Br)c2)c1. The average molecular weight is 421 g/mol. The van der Waals surface area contributed by atoms with Crippen LogP contribution < -0.4 is 0 Å². The van der Waals surface area contributed by atoms with E-state index in [4.69, 9.17) is 11.6 Å². The molecule has 20 heavy (non-hydrogen) atoms. The zero-order valence-electron chi connectivity index (χ0n) is 10.8. The summed E-state index contributed by atoms with van der Waals surface area (Å²) >= 11 is 12.9. The minimum absolute atomic E-state index is 0.217. The Balaban J connectivity index is 2.09. The molecule has 1 atom stereocenters. The van der Waals surface area contributed by atoms with Crippen molar-refractivity contribution in [1.29, 1.82) is 0 Å². The molecule has 0 N–H and O–H groups in total. The van der Waals surface area contributed by atoms with Crippen molar-refractivity contribution in [2.45, 2.75) is 12.8 Å². The van der Waals surface area contributed by atoms with Crippen LogP contribution in [0, 0.1) is 11.7 Å². The van der Waals surface area contributed by atoms with Crippen LogP contribution in [0.1, 0.15) is 11.1 Å². The second-order valence-electron chi connectivity index (χ2n) is 4.84. The molecule has 0 nitrogen and oxygen atoms in total. The number of benzene rings is 2. The molecule has 0 aliphatic rings. The first-order chi connectivity index (χ1) is 9.56. The molecule has 1 unspecified atom stereocenters. The topological polar surface area (TPSA) is 0 Å². The van der Waals surface area contributed by atoms with Gasteiger partial charge in [-0.25, -0.2) is 4.39 Å². The summed E-state index contributed by atoms with van der Waals surface area (Å²) in [5.41, 5.74) is 2.21. The summed E-state index contributed by atoms with van der Waals surface area (Å²) in [6, 6.07) is 13.2. The molecule has 0 bridgehead atoms. The third-order valence-corrected chi connectivity index (χ3v) is 4.47. The molecule has 0 spiro atoms. The fourth-order valence-electron chi connectivity index (χ4n) is 2.24. The van der Waals surface area contributed by atoms with Gasteiger partial charge >= 0.3 is 0 Å². The van der Waals surface area contributed by atoms with E-state index in [0.29, 0.717) is 11.8 Å². The molecular weight excluding hydrogens is 406 g/mol. The van der Waals surface area contributed by atoms with Crippen LogP contribution in [0.25, 0.3) is 0 Å². The third-order valence-electron chi connectivity index (χ3n) is 3.08. The molecule has 2 rings (SSSR count).